The molecule has 6 aromatic carbocycles. The average molecular weight is 1420 g/mol. The summed E-state index contributed by atoms with van der Waals surface area (Å²) in [4.78, 5) is 3.50. The Kier molecular flexibility index (Phi) is 27.1. The fourth-order valence-corrected chi connectivity index (χ4v) is 15.5. The summed E-state index contributed by atoms with van der Waals surface area (Å²) >= 11 is 0. The van der Waals surface area contributed by atoms with Gasteiger partial charge in [-0.15, -0.1) is 0 Å². The molecular formula is C83H107N3O17. The van der Waals surface area contributed by atoms with E-state index < -0.39 is 116 Å². The second kappa shape index (κ2) is 36.5. The first-order valence-electron chi connectivity index (χ1n) is 37.2. The van der Waals surface area contributed by atoms with Gasteiger partial charge in [-0.25, -0.2) is 0 Å². The van der Waals surface area contributed by atoms with E-state index in [0.717, 1.165) is 39.8 Å². The molecule has 1 aliphatic carbocycles. The molecule has 0 radical (unpaired) electrons. The molecule has 0 bridgehead atoms. The van der Waals surface area contributed by atoms with Crippen LogP contribution in [0.5, 0.6) is 0 Å². The van der Waals surface area contributed by atoms with Crippen LogP contribution in [0.2, 0.25) is 0 Å². The molecule has 0 spiro atoms. The number of nitrogens with zero attached hydrogens (tertiary/aromatic N) is 3. The first-order valence-corrected chi connectivity index (χ1v) is 37.2. The van der Waals surface area contributed by atoms with Crippen molar-refractivity contribution in [3.05, 3.63) is 226 Å². The lowest BCUT2D eigenvalue weighted by Crippen LogP contribution is -2.67. The molecule has 5 aliphatic heterocycles. The molecule has 0 amide bonds. The van der Waals surface area contributed by atoms with E-state index in [0.29, 0.717) is 13.2 Å². The second-order valence-corrected chi connectivity index (χ2v) is 29.5. The van der Waals surface area contributed by atoms with Crippen LogP contribution < -0.4 is 0 Å². The zero-order valence-corrected chi connectivity index (χ0v) is 61.2. The molecule has 5 heterocycles. The van der Waals surface area contributed by atoms with Gasteiger partial charge < -0.3 is 80.9 Å². The van der Waals surface area contributed by atoms with Crippen molar-refractivity contribution in [1.29, 1.82) is 0 Å². The minimum atomic E-state index is -1.24. The molecule has 26 atom stereocenters. The Hall–Kier alpha value is -6.05. The topological polar surface area (TPSA) is 217 Å². The van der Waals surface area contributed by atoms with Crippen molar-refractivity contribution in [3.8, 4) is 0 Å². The molecule has 20 heteroatoms. The van der Waals surface area contributed by atoms with Crippen molar-refractivity contribution < 1.29 is 80.9 Å². The first kappa shape index (κ1) is 76.6. The lowest BCUT2D eigenvalue weighted by atomic mass is 9.81. The fourth-order valence-electron chi connectivity index (χ4n) is 15.5. The number of azide groups is 1. The van der Waals surface area contributed by atoms with Gasteiger partial charge in [0.05, 0.1) is 89.9 Å². The van der Waals surface area contributed by atoms with E-state index in [1.165, 1.54) is 0 Å². The second-order valence-electron chi connectivity index (χ2n) is 29.5. The van der Waals surface area contributed by atoms with Crippen LogP contribution >= 0.6 is 0 Å². The standard InChI is InChI=1S/C83H107N3O17/c1-11-64-51(2)54(5)69(87)80(95-64)100-72-56(7)53(4)65(48-88-42-58-30-18-12-19-31-58)96-81(72)94-50-66-52(3)55(6)71(90-44-60-34-22-14-23-35-60)82(97-66)99-70-57(8)68(85-86-84)79(98-67(70)49-89-43-59-32-20-13-21-33-59)101-76-74(92-46-62-38-26-16-27-39-62)73(91-45-61-36-24-15-25-37-61)75(77-78(76)103-83(9,10)102-77)93-47-63-40-28-17-29-41-63/h12-41,51-57,64-82,87H,11,42-50H2,1-10H3/t51-,52-,53-,54-,55-,56-,57+,64?,65?,66?,67?,68?,69?,70-,71?,72?,73?,74?,75?,76?,77-,78-,79+,80+,81-,82+/m0/s1. The summed E-state index contributed by atoms with van der Waals surface area (Å²) in [5.41, 5.74) is 16.6. The van der Waals surface area contributed by atoms with Crippen molar-refractivity contribution in [1.82, 2.24) is 0 Å². The van der Waals surface area contributed by atoms with E-state index in [9.17, 15) is 10.6 Å². The summed E-state index contributed by atoms with van der Waals surface area (Å²) in [6.07, 6.45) is -13.3. The molecule has 12 unspecified atom stereocenters. The van der Waals surface area contributed by atoms with Crippen LogP contribution in [0, 0.1) is 41.4 Å². The van der Waals surface area contributed by atoms with E-state index >= 15 is 0 Å². The number of benzene rings is 6. The summed E-state index contributed by atoms with van der Waals surface area (Å²) < 4.78 is 113. The number of aliphatic hydroxyl groups is 1. The summed E-state index contributed by atoms with van der Waals surface area (Å²) in [6.45, 7) is 22.6. The minimum Gasteiger partial charge on any atom is -0.388 e. The van der Waals surface area contributed by atoms with Crippen LogP contribution in [0.1, 0.15) is 109 Å². The molecule has 20 nitrogen and oxygen atoms in total. The Morgan fingerprint density at radius 2 is 0.738 bits per heavy atom. The van der Waals surface area contributed by atoms with Gasteiger partial charge in [0.1, 0.15) is 61.0 Å². The van der Waals surface area contributed by atoms with Crippen LogP contribution in [0.15, 0.2) is 187 Å². The Labute approximate surface area is 608 Å². The molecule has 6 aliphatic rings. The lowest BCUT2D eigenvalue weighted by Gasteiger charge is -2.51. The van der Waals surface area contributed by atoms with Gasteiger partial charge in [0, 0.05) is 4.91 Å². The average Bonchev–Trinajstić information content (AvgIpc) is 1.54. The molecule has 556 valence electrons. The molecule has 0 aromatic heterocycles. The van der Waals surface area contributed by atoms with Crippen molar-refractivity contribution in [2.75, 3.05) is 19.8 Å². The molecule has 6 fully saturated rings. The first-order chi connectivity index (χ1) is 50.0. The predicted octanol–water partition coefficient (Wildman–Crippen LogP) is 14.3. The third kappa shape index (κ3) is 19.2. The number of hydrogen-bond acceptors (Lipinski definition) is 18. The third-order valence-electron chi connectivity index (χ3n) is 22.2. The number of rotatable bonds is 31. The van der Waals surface area contributed by atoms with Crippen LogP contribution in [0.4, 0.5) is 0 Å². The van der Waals surface area contributed by atoms with Gasteiger partial charge in [-0.3, -0.25) is 0 Å². The normalized spacial score (nSPS) is 35.8. The number of hydrogen-bond donors (Lipinski definition) is 1. The van der Waals surface area contributed by atoms with Crippen LogP contribution in [0.3, 0.4) is 0 Å². The highest BCUT2D eigenvalue weighted by Gasteiger charge is 2.62. The number of aliphatic hydroxyl groups excluding tert-OH is 1. The maximum atomic E-state index is 11.8. The van der Waals surface area contributed by atoms with Crippen LogP contribution in [-0.2, 0) is 115 Å². The van der Waals surface area contributed by atoms with Crippen molar-refractivity contribution in [2.24, 2.45) is 46.5 Å². The number of fused-ring (bicyclic) bond motifs is 1. The monoisotopic (exact) mass is 1420 g/mol. The lowest BCUT2D eigenvalue weighted by molar-refractivity contribution is -0.363. The molecule has 1 N–H and O–H groups in total. The smallest absolute Gasteiger partial charge is 0.184 e. The van der Waals surface area contributed by atoms with E-state index in [1.807, 2.05) is 203 Å². The highest BCUT2D eigenvalue weighted by atomic mass is 16.8. The fraction of sp³-hybridized carbons (Fsp3) is 0.566. The van der Waals surface area contributed by atoms with Crippen molar-refractivity contribution >= 4 is 0 Å². The largest absolute Gasteiger partial charge is 0.388 e. The Bertz CT molecular complexity index is 3520. The van der Waals surface area contributed by atoms with Gasteiger partial charge in [-0.1, -0.05) is 242 Å². The molecule has 1 saturated carbocycles. The SMILES string of the molecule is CCC1O[C@H](OC2[C@@H](OCC3O[C@H](O[C@@H]4C(COCc5ccccc5)O[C@H](OC5C(OCc6ccccc6)C(OCc6ccccc6)C(OCc6ccccc6)[C@@H]6OC(C)(C)O[C@@H]56)C(N=[N+]=[N-])[C@H]4C)C(OCc4ccccc4)[C@@H](C)[C@@H]3C)OC(COCc3ccccc3)[C@@H](C)[C@@H]2C)C(O)[C@@H](C)[C@@H]1C. The minimum absolute atomic E-state index is 0.0202. The van der Waals surface area contributed by atoms with Gasteiger partial charge in [-0.05, 0) is 101 Å². The van der Waals surface area contributed by atoms with E-state index in [-0.39, 0.29) is 94.0 Å². The van der Waals surface area contributed by atoms with E-state index in [1.54, 1.807) is 0 Å². The van der Waals surface area contributed by atoms with Gasteiger partial charge >= 0.3 is 0 Å². The Balaban J connectivity index is 0.860. The highest BCUT2D eigenvalue weighted by Crippen LogP contribution is 2.46. The van der Waals surface area contributed by atoms with Crippen molar-refractivity contribution in [3.63, 3.8) is 0 Å². The van der Waals surface area contributed by atoms with Gasteiger partial charge in [0.2, 0.25) is 0 Å². The maximum Gasteiger partial charge on any atom is 0.184 e. The Morgan fingerprint density at radius 3 is 1.22 bits per heavy atom. The quantitative estimate of drug-likeness (QED) is 0.0243. The maximum absolute atomic E-state index is 11.8. The van der Waals surface area contributed by atoms with Gasteiger partial charge in [0.25, 0.3) is 0 Å². The van der Waals surface area contributed by atoms with Crippen LogP contribution in [0.25, 0.3) is 10.4 Å². The summed E-state index contributed by atoms with van der Waals surface area (Å²) in [7, 11) is 0. The van der Waals surface area contributed by atoms with Crippen LogP contribution in [-0.4, -0.2) is 147 Å². The third-order valence-corrected chi connectivity index (χ3v) is 22.2. The zero-order chi connectivity index (χ0) is 72.0. The highest BCUT2D eigenvalue weighted by molar-refractivity contribution is 5.19. The predicted molar refractivity (Wildman–Crippen MR) is 385 cm³/mol. The van der Waals surface area contributed by atoms with Crippen molar-refractivity contribution in [2.45, 2.75) is 238 Å². The van der Waals surface area contributed by atoms with Gasteiger partial charge in [0.15, 0.2) is 30.9 Å². The molecule has 5 saturated heterocycles. The molecule has 103 heavy (non-hydrogen) atoms. The van der Waals surface area contributed by atoms with E-state index in [2.05, 4.69) is 58.5 Å². The van der Waals surface area contributed by atoms with E-state index in [4.69, 9.17) is 75.8 Å². The summed E-state index contributed by atoms with van der Waals surface area (Å²) in [5.74, 6) is -2.22. The number of ether oxygens (including phenoxy) is 16. The Morgan fingerprint density at radius 1 is 0.369 bits per heavy atom. The molecule has 12 rings (SSSR count). The van der Waals surface area contributed by atoms with Gasteiger partial charge in [-0.2, -0.15) is 0 Å². The summed E-state index contributed by atoms with van der Waals surface area (Å²) in [6, 6.07) is 58.9. The molecule has 6 aromatic rings. The molecular weight excluding hydrogens is 1310 g/mol. The summed E-state index contributed by atoms with van der Waals surface area (Å²) in [5, 5.41) is 16.4. The zero-order valence-electron chi connectivity index (χ0n) is 61.2.